The zero-order valence-electron chi connectivity index (χ0n) is 14.2. The van der Waals surface area contributed by atoms with E-state index in [1.807, 2.05) is 42.5 Å². The predicted molar refractivity (Wildman–Crippen MR) is 116 cm³/mol. The summed E-state index contributed by atoms with van der Waals surface area (Å²) >= 11 is 11.7. The molecule has 0 aliphatic carbocycles. The quantitative estimate of drug-likeness (QED) is 0.370. The lowest BCUT2D eigenvalue weighted by atomic mass is 10.1. The number of fused-ring (bicyclic) bond motifs is 1. The summed E-state index contributed by atoms with van der Waals surface area (Å²) in [6.45, 7) is 1.54. The Labute approximate surface area is 169 Å². The van der Waals surface area contributed by atoms with E-state index in [0.29, 0.717) is 11.8 Å². The number of phenolic OH excluding ortho intramolecular Hbond substituents is 1. The summed E-state index contributed by atoms with van der Waals surface area (Å²) < 4.78 is 0. The first-order valence-electron chi connectivity index (χ1n) is 8.17. The molecule has 6 heteroatoms. The first-order valence-corrected chi connectivity index (χ1v) is 9.24. The van der Waals surface area contributed by atoms with E-state index in [4.69, 9.17) is 23.2 Å². The Balaban J connectivity index is 0.00000243. The van der Waals surface area contributed by atoms with Crippen molar-refractivity contribution in [3.63, 3.8) is 0 Å². The van der Waals surface area contributed by atoms with Crippen LogP contribution in [-0.4, -0.2) is 30.0 Å². The molecule has 0 saturated carbocycles. The number of anilines is 3. The molecule has 0 spiro atoms. The molecule has 3 rings (SSSR count). The Morgan fingerprint density at radius 2 is 1.42 bits per heavy atom. The van der Waals surface area contributed by atoms with Crippen molar-refractivity contribution in [2.24, 2.45) is 0 Å². The molecule has 0 unspecified atom stereocenters. The third-order valence-corrected chi connectivity index (χ3v) is 4.46. The van der Waals surface area contributed by atoms with Gasteiger partial charge in [-0.3, -0.25) is 0 Å². The number of aromatic hydroxyl groups is 1. The van der Waals surface area contributed by atoms with Gasteiger partial charge in [-0.1, -0.05) is 24.3 Å². The van der Waals surface area contributed by atoms with Crippen molar-refractivity contribution < 1.29 is 5.11 Å². The lowest BCUT2D eigenvalue weighted by molar-refractivity contribution is 0.481. The Hall–Kier alpha value is -1.81. The topological polar surface area (TPSA) is 35.5 Å². The molecule has 0 saturated heterocycles. The Bertz CT molecular complexity index is 834. The Kier molecular flexibility index (Phi) is 7.70. The number of hydrogen-bond donors (Lipinski definition) is 2. The van der Waals surface area contributed by atoms with Gasteiger partial charge in [0.25, 0.3) is 0 Å². The zero-order valence-corrected chi connectivity index (χ0v) is 16.5. The van der Waals surface area contributed by atoms with E-state index in [2.05, 4.69) is 22.3 Å². The number of hydrogen-bond acceptors (Lipinski definition) is 3. The van der Waals surface area contributed by atoms with E-state index >= 15 is 0 Å². The van der Waals surface area contributed by atoms with E-state index in [-0.39, 0.29) is 18.2 Å². The predicted octanol–water partition coefficient (Wildman–Crippen LogP) is 5.99. The molecule has 3 aromatic rings. The molecule has 138 valence electrons. The summed E-state index contributed by atoms with van der Waals surface area (Å²) in [6, 6.07) is 19.6. The Morgan fingerprint density at radius 3 is 2.04 bits per heavy atom. The van der Waals surface area contributed by atoms with Gasteiger partial charge in [-0.25, -0.2) is 0 Å². The second-order valence-electron chi connectivity index (χ2n) is 5.71. The zero-order chi connectivity index (χ0) is 17.6. The van der Waals surface area contributed by atoms with Crippen molar-refractivity contribution in [3.05, 3.63) is 60.7 Å². The minimum Gasteiger partial charge on any atom is -0.507 e. The van der Waals surface area contributed by atoms with E-state index in [1.54, 1.807) is 6.07 Å². The third-order valence-electron chi connectivity index (χ3n) is 4.12. The highest BCUT2D eigenvalue weighted by molar-refractivity contribution is 6.18. The molecular weight excluding hydrogens is 391 g/mol. The molecule has 0 amide bonds. The molecule has 0 aliphatic heterocycles. The Morgan fingerprint density at radius 1 is 0.808 bits per heavy atom. The van der Waals surface area contributed by atoms with Crippen LogP contribution in [0.2, 0.25) is 0 Å². The fourth-order valence-corrected chi connectivity index (χ4v) is 3.29. The minimum atomic E-state index is 0. The maximum atomic E-state index is 10.0. The number of alkyl halides is 2. The first kappa shape index (κ1) is 20.5. The number of nitrogens with one attached hydrogen (secondary N) is 1. The van der Waals surface area contributed by atoms with Crippen LogP contribution in [0.15, 0.2) is 60.7 Å². The molecule has 0 radical (unpaired) electrons. The van der Waals surface area contributed by atoms with Crippen molar-refractivity contribution in [1.82, 2.24) is 0 Å². The van der Waals surface area contributed by atoms with E-state index in [0.717, 1.165) is 40.9 Å². The maximum absolute atomic E-state index is 10.0. The monoisotopic (exact) mass is 410 g/mol. The SMILES string of the molecule is Cl.Oc1ccc(Nc2ccc(N(CCCl)CCCl)cc2)c2ccccc12. The minimum absolute atomic E-state index is 0. The van der Waals surface area contributed by atoms with Gasteiger partial charge in [-0.05, 0) is 36.4 Å². The second kappa shape index (κ2) is 9.77. The lowest BCUT2D eigenvalue weighted by Crippen LogP contribution is -2.27. The molecule has 2 N–H and O–H groups in total. The normalized spacial score (nSPS) is 10.4. The average Bonchev–Trinajstić information content (AvgIpc) is 2.65. The van der Waals surface area contributed by atoms with Crippen LogP contribution < -0.4 is 10.2 Å². The fourth-order valence-electron chi connectivity index (χ4n) is 2.88. The summed E-state index contributed by atoms with van der Waals surface area (Å²) in [5.41, 5.74) is 3.04. The molecule has 0 heterocycles. The van der Waals surface area contributed by atoms with Crippen LogP contribution in [0.1, 0.15) is 0 Å². The summed E-state index contributed by atoms with van der Waals surface area (Å²) in [5.74, 6) is 1.42. The van der Waals surface area contributed by atoms with Crippen LogP contribution in [0.3, 0.4) is 0 Å². The van der Waals surface area contributed by atoms with Gasteiger partial charge in [0, 0.05) is 52.7 Å². The number of benzene rings is 3. The van der Waals surface area contributed by atoms with Crippen molar-refractivity contribution in [2.75, 3.05) is 35.1 Å². The average molecular weight is 412 g/mol. The van der Waals surface area contributed by atoms with E-state index in [1.165, 1.54) is 0 Å². The highest BCUT2D eigenvalue weighted by atomic mass is 35.5. The molecule has 0 aliphatic rings. The van der Waals surface area contributed by atoms with Gasteiger partial charge in [0.1, 0.15) is 5.75 Å². The van der Waals surface area contributed by atoms with Crippen molar-refractivity contribution in [1.29, 1.82) is 0 Å². The molecule has 0 aromatic heterocycles. The molecular formula is C20H21Cl3N2O. The largest absolute Gasteiger partial charge is 0.507 e. The molecule has 3 nitrogen and oxygen atoms in total. The van der Waals surface area contributed by atoms with Crippen LogP contribution in [0.4, 0.5) is 17.1 Å². The molecule has 0 atom stereocenters. The van der Waals surface area contributed by atoms with Crippen molar-refractivity contribution in [2.45, 2.75) is 0 Å². The number of phenols is 1. The molecule has 0 bridgehead atoms. The molecule has 0 fully saturated rings. The van der Waals surface area contributed by atoms with Crippen molar-refractivity contribution >= 4 is 63.4 Å². The van der Waals surface area contributed by atoms with Gasteiger partial charge in [0.2, 0.25) is 0 Å². The standard InChI is InChI=1S/C20H20Cl2N2O.ClH/c21-11-13-24(14-12-22)16-7-5-15(6-8-16)23-19-9-10-20(25)18-4-2-1-3-17(18)19;/h1-10,23,25H,11-14H2;1H. The summed E-state index contributed by atoms with van der Waals surface area (Å²) in [5, 5.41) is 15.2. The highest BCUT2D eigenvalue weighted by Gasteiger charge is 2.07. The fraction of sp³-hybridized carbons (Fsp3) is 0.200. The van der Waals surface area contributed by atoms with Gasteiger partial charge < -0.3 is 15.3 Å². The molecule has 26 heavy (non-hydrogen) atoms. The summed E-state index contributed by atoms with van der Waals surface area (Å²) in [7, 11) is 0. The smallest absolute Gasteiger partial charge is 0.123 e. The van der Waals surface area contributed by atoms with Crippen LogP contribution in [0.25, 0.3) is 10.8 Å². The van der Waals surface area contributed by atoms with Crippen LogP contribution >= 0.6 is 35.6 Å². The maximum Gasteiger partial charge on any atom is 0.123 e. The van der Waals surface area contributed by atoms with Crippen LogP contribution in [-0.2, 0) is 0 Å². The van der Waals surface area contributed by atoms with Gasteiger partial charge in [0.15, 0.2) is 0 Å². The van der Waals surface area contributed by atoms with Gasteiger partial charge >= 0.3 is 0 Å². The van der Waals surface area contributed by atoms with Gasteiger partial charge in [-0.2, -0.15) is 0 Å². The second-order valence-corrected chi connectivity index (χ2v) is 6.47. The first-order chi connectivity index (χ1) is 12.2. The number of halogens is 3. The number of rotatable bonds is 7. The highest BCUT2D eigenvalue weighted by Crippen LogP contribution is 2.32. The van der Waals surface area contributed by atoms with Crippen LogP contribution in [0.5, 0.6) is 5.75 Å². The van der Waals surface area contributed by atoms with E-state index in [9.17, 15) is 5.11 Å². The van der Waals surface area contributed by atoms with Crippen LogP contribution in [0, 0.1) is 0 Å². The summed E-state index contributed by atoms with van der Waals surface area (Å²) in [4.78, 5) is 2.17. The lowest BCUT2D eigenvalue weighted by Gasteiger charge is -2.23. The van der Waals surface area contributed by atoms with E-state index < -0.39 is 0 Å². The number of nitrogens with zero attached hydrogens (tertiary/aromatic N) is 1. The van der Waals surface area contributed by atoms with Gasteiger partial charge in [-0.15, -0.1) is 35.6 Å². The summed E-state index contributed by atoms with van der Waals surface area (Å²) in [6.07, 6.45) is 0. The third kappa shape index (κ3) is 4.67. The molecule has 3 aromatic carbocycles. The van der Waals surface area contributed by atoms with Gasteiger partial charge in [0.05, 0.1) is 0 Å². The van der Waals surface area contributed by atoms with Crippen molar-refractivity contribution in [3.8, 4) is 5.75 Å².